The van der Waals surface area contributed by atoms with Gasteiger partial charge < -0.3 is 29.9 Å². The fourth-order valence-corrected chi connectivity index (χ4v) is 6.26. The van der Waals surface area contributed by atoms with Crippen LogP contribution in [0.2, 0.25) is 0 Å². The van der Waals surface area contributed by atoms with Crippen LogP contribution >= 0.6 is 0 Å². The maximum Gasteiger partial charge on any atom is 0.335 e. The molecule has 2 fully saturated rings. The lowest BCUT2D eigenvalue weighted by Gasteiger charge is -2.36. The number of ether oxygens (including phenoxy) is 1. The van der Waals surface area contributed by atoms with Gasteiger partial charge in [0.15, 0.2) is 0 Å². The summed E-state index contributed by atoms with van der Waals surface area (Å²) >= 11 is 0. The number of carbonyl (C=O) groups is 2. The Morgan fingerprint density at radius 3 is 2.40 bits per heavy atom. The molecule has 5 heterocycles. The lowest BCUT2D eigenvalue weighted by atomic mass is 9.97. The average Bonchev–Trinajstić information content (AvgIpc) is 3.34. The van der Waals surface area contributed by atoms with E-state index in [0.29, 0.717) is 18.7 Å². The van der Waals surface area contributed by atoms with Crippen LogP contribution in [-0.4, -0.2) is 81.9 Å². The number of anilines is 2. The zero-order valence-electron chi connectivity index (χ0n) is 24.0. The number of carbonyl (C=O) groups excluding carboxylic acids is 1. The molecule has 7 rings (SSSR count). The molecule has 2 aromatic heterocycles. The van der Waals surface area contributed by atoms with Gasteiger partial charge in [-0.15, -0.1) is 0 Å². The second-order valence-electron chi connectivity index (χ2n) is 11.6. The van der Waals surface area contributed by atoms with Gasteiger partial charge in [-0.3, -0.25) is 9.69 Å². The molecule has 0 unspecified atom stereocenters. The van der Waals surface area contributed by atoms with E-state index in [9.17, 15) is 14.7 Å². The van der Waals surface area contributed by atoms with Crippen molar-refractivity contribution in [1.82, 2.24) is 19.4 Å². The Morgan fingerprint density at radius 2 is 1.67 bits per heavy atom. The van der Waals surface area contributed by atoms with Crippen molar-refractivity contribution in [3.8, 4) is 0 Å². The minimum Gasteiger partial charge on any atom is -0.478 e. The van der Waals surface area contributed by atoms with E-state index in [2.05, 4.69) is 37.5 Å². The van der Waals surface area contributed by atoms with Crippen LogP contribution in [0.4, 0.5) is 11.6 Å². The van der Waals surface area contributed by atoms with Gasteiger partial charge >= 0.3 is 5.97 Å². The van der Waals surface area contributed by atoms with Crippen molar-refractivity contribution >= 4 is 34.5 Å². The molecule has 4 aromatic rings. The topological polar surface area (TPSA) is 130 Å². The van der Waals surface area contributed by atoms with E-state index in [-0.39, 0.29) is 11.7 Å². The summed E-state index contributed by atoms with van der Waals surface area (Å²) in [5.41, 5.74) is 10.3. The molecule has 2 aromatic carbocycles. The fourth-order valence-electron chi connectivity index (χ4n) is 6.26. The molecular weight excluding hydrogens is 546 g/mol. The first-order valence-electron chi connectivity index (χ1n) is 14.9. The number of benzene rings is 2. The quantitative estimate of drug-likeness (QED) is 0.323. The number of imidazole rings is 1. The summed E-state index contributed by atoms with van der Waals surface area (Å²) in [6.45, 7) is 7.17. The van der Waals surface area contributed by atoms with E-state index in [0.717, 1.165) is 87.2 Å². The van der Waals surface area contributed by atoms with E-state index in [1.165, 1.54) is 11.1 Å². The number of piperazine rings is 1. The molecule has 11 nitrogen and oxygen atoms in total. The average molecular weight is 582 g/mol. The van der Waals surface area contributed by atoms with Crippen molar-refractivity contribution in [3.05, 3.63) is 82.7 Å². The summed E-state index contributed by atoms with van der Waals surface area (Å²) in [4.78, 5) is 40.2. The predicted molar refractivity (Wildman–Crippen MR) is 162 cm³/mol. The van der Waals surface area contributed by atoms with Gasteiger partial charge in [-0.25, -0.2) is 14.8 Å². The van der Waals surface area contributed by atoms with Gasteiger partial charge in [0, 0.05) is 51.4 Å². The van der Waals surface area contributed by atoms with Gasteiger partial charge in [0.2, 0.25) is 5.91 Å². The highest BCUT2D eigenvalue weighted by Gasteiger charge is 2.26. The van der Waals surface area contributed by atoms with Crippen LogP contribution in [0, 0.1) is 0 Å². The third-order valence-corrected chi connectivity index (χ3v) is 8.86. The summed E-state index contributed by atoms with van der Waals surface area (Å²) in [6, 6.07) is 17.1. The number of hydrogen-bond donors (Lipinski definition) is 2. The summed E-state index contributed by atoms with van der Waals surface area (Å²) < 4.78 is 7.86. The monoisotopic (exact) mass is 581 g/mol. The molecule has 1 amide bonds. The zero-order chi connectivity index (χ0) is 29.5. The number of carboxylic acid groups (broad SMARTS) is 1. The van der Waals surface area contributed by atoms with E-state index in [1.807, 2.05) is 12.1 Å². The Balaban J connectivity index is 1.02. The summed E-state index contributed by atoms with van der Waals surface area (Å²) in [7, 11) is 0. The molecular formula is C32H35N7O4. The van der Waals surface area contributed by atoms with Crippen molar-refractivity contribution in [2.75, 3.05) is 49.1 Å². The molecule has 0 bridgehead atoms. The molecule has 43 heavy (non-hydrogen) atoms. The standard InChI is InChI=1S/C32H35N7O4/c33-31(40)22-4-5-24-18-38(10-8-21(24)16-22)29-3-1-2-28(35-29)37-13-11-36(12-14-37)20-30-34-26-7-6-23(32(41)42)17-27(26)39(30)19-25-9-15-43-25/h1-7,16-17,25H,8-15,18-20H2,(H2,33,40)(H,41,42)/t25-/m0/s1. The van der Waals surface area contributed by atoms with Crippen LogP contribution < -0.4 is 15.5 Å². The van der Waals surface area contributed by atoms with E-state index >= 15 is 0 Å². The van der Waals surface area contributed by atoms with Crippen molar-refractivity contribution in [2.45, 2.75) is 38.6 Å². The summed E-state index contributed by atoms with van der Waals surface area (Å²) in [6.07, 6.45) is 1.99. The third-order valence-electron chi connectivity index (χ3n) is 8.86. The zero-order valence-corrected chi connectivity index (χ0v) is 24.0. The number of pyridine rings is 1. The molecule has 2 saturated heterocycles. The van der Waals surface area contributed by atoms with Crippen LogP contribution in [0.3, 0.4) is 0 Å². The van der Waals surface area contributed by atoms with Crippen molar-refractivity contribution in [1.29, 1.82) is 0 Å². The second-order valence-corrected chi connectivity index (χ2v) is 11.6. The maximum absolute atomic E-state index is 11.6. The number of nitrogens with two attached hydrogens (primary N) is 1. The van der Waals surface area contributed by atoms with Gasteiger partial charge in [-0.2, -0.15) is 0 Å². The Labute approximate surface area is 249 Å². The van der Waals surface area contributed by atoms with Crippen LogP contribution in [0.25, 0.3) is 11.0 Å². The third kappa shape index (κ3) is 5.53. The molecule has 0 spiro atoms. The smallest absolute Gasteiger partial charge is 0.335 e. The number of amides is 1. The van der Waals surface area contributed by atoms with Gasteiger partial charge in [0.25, 0.3) is 0 Å². The SMILES string of the molecule is NC(=O)c1ccc2c(c1)CCN(c1cccc(N3CCN(Cc4nc5ccc(C(=O)O)cc5n4C[C@@H]4CCO4)CC3)n1)C2. The number of carboxylic acids is 1. The van der Waals surface area contributed by atoms with Crippen molar-refractivity contribution < 1.29 is 19.4 Å². The predicted octanol–water partition coefficient (Wildman–Crippen LogP) is 2.90. The lowest BCUT2D eigenvalue weighted by Crippen LogP contribution is -2.46. The van der Waals surface area contributed by atoms with E-state index in [4.69, 9.17) is 20.4 Å². The molecule has 222 valence electrons. The number of aromatic nitrogens is 3. The Hall–Kier alpha value is -4.48. The van der Waals surface area contributed by atoms with Crippen LogP contribution in [0.5, 0.6) is 0 Å². The first-order chi connectivity index (χ1) is 20.9. The number of nitrogens with zero attached hydrogens (tertiary/aromatic N) is 6. The van der Waals surface area contributed by atoms with Gasteiger partial charge in [0.05, 0.1) is 35.8 Å². The highest BCUT2D eigenvalue weighted by molar-refractivity contribution is 5.93. The lowest BCUT2D eigenvalue weighted by molar-refractivity contribution is -0.0592. The molecule has 0 aliphatic carbocycles. The number of aromatic carboxylic acids is 1. The first kappa shape index (κ1) is 27.4. The van der Waals surface area contributed by atoms with Gasteiger partial charge in [-0.05, 0) is 66.4 Å². The Morgan fingerprint density at radius 1 is 0.907 bits per heavy atom. The summed E-state index contributed by atoms with van der Waals surface area (Å²) in [5.74, 6) is 1.54. The molecule has 3 aliphatic heterocycles. The van der Waals surface area contributed by atoms with Crippen molar-refractivity contribution in [3.63, 3.8) is 0 Å². The van der Waals surface area contributed by atoms with E-state index < -0.39 is 11.9 Å². The number of fused-ring (bicyclic) bond motifs is 2. The first-order valence-corrected chi connectivity index (χ1v) is 14.9. The minimum absolute atomic E-state index is 0.140. The Bertz CT molecular complexity index is 1690. The van der Waals surface area contributed by atoms with Crippen molar-refractivity contribution in [2.24, 2.45) is 5.73 Å². The molecule has 0 saturated carbocycles. The summed E-state index contributed by atoms with van der Waals surface area (Å²) in [5, 5.41) is 9.53. The molecule has 11 heteroatoms. The molecule has 3 N–H and O–H groups in total. The van der Waals surface area contributed by atoms with Crippen LogP contribution in [0.15, 0.2) is 54.6 Å². The van der Waals surface area contributed by atoms with Crippen LogP contribution in [-0.2, 0) is 30.8 Å². The second kappa shape index (κ2) is 11.3. The number of hydrogen-bond acceptors (Lipinski definition) is 8. The minimum atomic E-state index is -0.936. The molecule has 1 atom stereocenters. The van der Waals surface area contributed by atoms with Gasteiger partial charge in [-0.1, -0.05) is 12.1 Å². The Kier molecular flexibility index (Phi) is 7.20. The largest absolute Gasteiger partial charge is 0.478 e. The highest BCUT2D eigenvalue weighted by Crippen LogP contribution is 2.27. The fraction of sp³-hybridized carbons (Fsp3) is 0.375. The molecule has 3 aliphatic rings. The highest BCUT2D eigenvalue weighted by atomic mass is 16.5. The van der Waals surface area contributed by atoms with E-state index in [1.54, 1.807) is 24.3 Å². The van der Waals surface area contributed by atoms with Crippen LogP contribution in [0.1, 0.15) is 44.1 Å². The number of rotatable bonds is 8. The number of primary amides is 1. The normalized spacial score (nSPS) is 18.8. The van der Waals surface area contributed by atoms with Gasteiger partial charge in [0.1, 0.15) is 17.5 Å². The molecule has 0 radical (unpaired) electrons. The maximum atomic E-state index is 11.6.